The van der Waals surface area contributed by atoms with Gasteiger partial charge in [0.15, 0.2) is 0 Å². The van der Waals surface area contributed by atoms with E-state index in [1.165, 1.54) is 0 Å². The largest absolute Gasteiger partial charge is 0.477 e. The smallest absolute Gasteiger partial charge is 0.442 e. The van der Waals surface area contributed by atoms with Crippen LogP contribution in [0.3, 0.4) is 0 Å². The molecule has 3 heterocycles. The molecular formula is C15H16F3N7O5S3. The van der Waals surface area contributed by atoms with Crippen LogP contribution < -0.4 is 11.1 Å². The highest BCUT2D eigenvalue weighted by atomic mass is 32.2. The van der Waals surface area contributed by atoms with Crippen LogP contribution in [0, 0.1) is 0 Å². The third-order valence-corrected chi connectivity index (χ3v) is 7.74. The summed E-state index contributed by atoms with van der Waals surface area (Å²) >= 11 is 1.67. The Balaban J connectivity index is 1.79. The van der Waals surface area contributed by atoms with Crippen LogP contribution in [0.25, 0.3) is 0 Å². The van der Waals surface area contributed by atoms with Gasteiger partial charge in [-0.3, -0.25) is 19.3 Å². The molecule has 0 saturated carbocycles. The average Bonchev–Trinajstić information content (AvgIpc) is 3.24. The lowest BCUT2D eigenvalue weighted by Gasteiger charge is -2.50. The number of tetrazole rings is 1. The molecule has 1 aromatic heterocycles. The number of H-pyrrole nitrogens is 1. The number of carbonyl (C=O) groups excluding carboxylic acids is 3. The maximum atomic E-state index is 12.7. The summed E-state index contributed by atoms with van der Waals surface area (Å²) in [5.74, 6) is -4.55. The zero-order chi connectivity index (χ0) is 24.3. The van der Waals surface area contributed by atoms with E-state index in [1.807, 2.05) is 0 Å². The lowest BCUT2D eigenvalue weighted by atomic mass is 9.99. The number of aromatic nitrogens is 4. The van der Waals surface area contributed by atoms with Gasteiger partial charge in [-0.25, -0.2) is 9.89 Å². The number of amides is 3. The number of aliphatic carboxylic acids is 1. The highest BCUT2D eigenvalue weighted by molar-refractivity contribution is 8.01. The van der Waals surface area contributed by atoms with Crippen molar-refractivity contribution in [1.82, 2.24) is 30.8 Å². The van der Waals surface area contributed by atoms with Crippen molar-refractivity contribution < 1.29 is 37.5 Å². The van der Waals surface area contributed by atoms with Crippen molar-refractivity contribution in [3.05, 3.63) is 11.3 Å². The summed E-state index contributed by atoms with van der Waals surface area (Å²) in [7, 11) is 0. The zero-order valence-electron chi connectivity index (χ0n) is 16.4. The van der Waals surface area contributed by atoms with E-state index >= 15 is 0 Å². The lowest BCUT2D eigenvalue weighted by Crippen LogP contribution is -2.71. The normalized spacial score (nSPS) is 21.3. The molecule has 2 unspecified atom stereocenters. The Bertz CT molecular complexity index is 975. The van der Waals surface area contributed by atoms with E-state index in [1.54, 1.807) is 0 Å². The molecule has 1 fully saturated rings. The maximum Gasteiger partial charge on any atom is 0.442 e. The minimum absolute atomic E-state index is 0.0623. The lowest BCUT2D eigenvalue weighted by molar-refractivity contribution is -0.150. The molecule has 1 aromatic rings. The molecule has 2 aliphatic heterocycles. The number of fused-ring (bicyclic) bond motifs is 1. The predicted molar refractivity (Wildman–Crippen MR) is 110 cm³/mol. The number of aromatic amines is 1. The summed E-state index contributed by atoms with van der Waals surface area (Å²) in [6.45, 7) is 0. The molecule has 1 saturated heterocycles. The van der Waals surface area contributed by atoms with Gasteiger partial charge < -0.3 is 16.2 Å². The monoisotopic (exact) mass is 527 g/mol. The molecule has 33 heavy (non-hydrogen) atoms. The minimum atomic E-state index is -4.60. The molecule has 2 aliphatic rings. The van der Waals surface area contributed by atoms with Crippen LogP contribution in [0.5, 0.6) is 0 Å². The number of alkyl halides is 3. The van der Waals surface area contributed by atoms with Crippen LogP contribution in [-0.2, 0) is 19.2 Å². The van der Waals surface area contributed by atoms with Crippen molar-refractivity contribution in [2.24, 2.45) is 5.73 Å². The number of primary amides is 1. The van der Waals surface area contributed by atoms with E-state index in [-0.39, 0.29) is 29.4 Å². The molecule has 3 amide bonds. The number of nitrogens with two attached hydrogens (primary N) is 1. The van der Waals surface area contributed by atoms with Gasteiger partial charge in [0.2, 0.25) is 17.0 Å². The quantitative estimate of drug-likeness (QED) is 0.236. The third-order valence-electron chi connectivity index (χ3n) is 4.51. The number of rotatable bonds is 10. The Kier molecular flexibility index (Phi) is 7.78. The number of hydrogen-bond acceptors (Lipinski definition) is 10. The predicted octanol–water partition coefficient (Wildman–Crippen LogP) is -0.0825. The first-order chi connectivity index (χ1) is 15.5. The highest BCUT2D eigenvalue weighted by Crippen LogP contribution is 2.44. The van der Waals surface area contributed by atoms with Gasteiger partial charge in [-0.05, 0) is 34.2 Å². The molecule has 0 aliphatic carbocycles. The van der Waals surface area contributed by atoms with Gasteiger partial charge >= 0.3 is 11.5 Å². The summed E-state index contributed by atoms with van der Waals surface area (Å²) in [5, 5.41) is 24.0. The summed E-state index contributed by atoms with van der Waals surface area (Å²) in [6, 6.07) is -1.15. The van der Waals surface area contributed by atoms with Crippen LogP contribution >= 0.6 is 35.3 Å². The number of β-lactam (4-membered cyclic amide) rings is 1. The van der Waals surface area contributed by atoms with Gasteiger partial charge in [-0.1, -0.05) is 11.8 Å². The van der Waals surface area contributed by atoms with Crippen molar-refractivity contribution in [1.29, 1.82) is 0 Å². The van der Waals surface area contributed by atoms with E-state index in [0.29, 0.717) is 5.57 Å². The fourth-order valence-electron chi connectivity index (χ4n) is 3.16. The van der Waals surface area contributed by atoms with Crippen molar-refractivity contribution in [3.63, 3.8) is 0 Å². The minimum Gasteiger partial charge on any atom is -0.477 e. The molecule has 0 aromatic carbocycles. The van der Waals surface area contributed by atoms with Crippen LogP contribution in [0.4, 0.5) is 13.2 Å². The number of hydrogen-bond donors (Lipinski definition) is 4. The number of halogens is 3. The van der Waals surface area contributed by atoms with Crippen LogP contribution in [0.1, 0.15) is 12.8 Å². The molecule has 3 atom stereocenters. The number of nitrogens with zero attached hydrogens (tertiary/aromatic N) is 4. The summed E-state index contributed by atoms with van der Waals surface area (Å²) < 4.78 is 36.9. The Morgan fingerprint density at radius 2 is 2.12 bits per heavy atom. The molecule has 0 spiro atoms. The Hall–Kier alpha value is -2.47. The maximum absolute atomic E-state index is 12.7. The SMILES string of the molecule is NC(=O)CCC(Sc1nnn[nH]1)C1=C(C(=O)O)N2C(=O)C(NC(=O)CSC(F)(F)F)[C@@H]2SC1. The fourth-order valence-corrected chi connectivity index (χ4v) is 6.09. The molecule has 180 valence electrons. The van der Waals surface area contributed by atoms with Gasteiger partial charge in [0.1, 0.15) is 17.1 Å². The molecule has 0 radical (unpaired) electrons. The first-order valence-corrected chi connectivity index (χ1v) is 12.0. The molecule has 0 bridgehead atoms. The molecule has 5 N–H and O–H groups in total. The Labute approximate surface area is 196 Å². The van der Waals surface area contributed by atoms with E-state index < -0.39 is 63.4 Å². The molecule has 18 heteroatoms. The Morgan fingerprint density at radius 1 is 1.39 bits per heavy atom. The summed E-state index contributed by atoms with van der Waals surface area (Å²) in [4.78, 5) is 48.8. The number of nitrogens with one attached hydrogen (secondary N) is 2. The fraction of sp³-hybridized carbons (Fsp3) is 0.533. The van der Waals surface area contributed by atoms with Crippen molar-refractivity contribution in [2.45, 2.75) is 40.2 Å². The van der Waals surface area contributed by atoms with Crippen molar-refractivity contribution in [2.75, 3.05) is 11.5 Å². The van der Waals surface area contributed by atoms with Gasteiger partial charge in [-0.15, -0.1) is 16.9 Å². The molecular weight excluding hydrogens is 511 g/mol. The third kappa shape index (κ3) is 6.11. The second kappa shape index (κ2) is 10.2. The van der Waals surface area contributed by atoms with E-state index in [4.69, 9.17) is 5.73 Å². The summed E-state index contributed by atoms with van der Waals surface area (Å²) in [6.07, 6.45) is 0.0854. The van der Waals surface area contributed by atoms with Gasteiger partial charge in [0, 0.05) is 17.4 Å². The van der Waals surface area contributed by atoms with E-state index in [2.05, 4.69) is 25.9 Å². The van der Waals surface area contributed by atoms with Crippen LogP contribution in [-0.4, -0.2) is 88.0 Å². The highest BCUT2D eigenvalue weighted by Gasteiger charge is 2.55. The van der Waals surface area contributed by atoms with Crippen LogP contribution in [0.2, 0.25) is 0 Å². The molecule has 12 nitrogen and oxygen atoms in total. The van der Waals surface area contributed by atoms with E-state index in [9.17, 15) is 37.5 Å². The van der Waals surface area contributed by atoms with Gasteiger partial charge in [-0.2, -0.15) is 13.2 Å². The Morgan fingerprint density at radius 3 is 2.70 bits per heavy atom. The number of carbonyl (C=O) groups is 4. The standard InChI is InChI=1S/C15H16F3N7O5S3/c16-15(17,18)32-4-8(27)20-9-11(28)25-10(13(29)30)5(3-31-12(9)25)6(1-2-7(19)26)33-14-21-23-24-22-14/h6,9,12H,1-4H2,(H2,19,26)(H,20,27)(H,29,30)(H,21,22,23,24)/t6?,9?,12-/m0/s1. The van der Waals surface area contributed by atoms with E-state index in [0.717, 1.165) is 28.4 Å². The zero-order valence-corrected chi connectivity index (χ0v) is 18.8. The van der Waals surface area contributed by atoms with Crippen molar-refractivity contribution in [3.8, 4) is 0 Å². The topological polar surface area (TPSA) is 184 Å². The number of carboxylic acids is 1. The number of carboxylic acid groups (broad SMARTS) is 1. The summed E-state index contributed by atoms with van der Waals surface area (Å²) in [5.41, 5.74) is 0.645. The molecule has 3 rings (SSSR count). The van der Waals surface area contributed by atoms with Crippen molar-refractivity contribution >= 4 is 59.0 Å². The first kappa shape index (κ1) is 25.2. The van der Waals surface area contributed by atoms with Crippen LogP contribution in [0.15, 0.2) is 16.4 Å². The van der Waals surface area contributed by atoms with Gasteiger partial charge in [0.05, 0.1) is 5.75 Å². The average molecular weight is 528 g/mol. The second-order valence-corrected chi connectivity index (χ2v) is 10.0. The van der Waals surface area contributed by atoms with Gasteiger partial charge in [0.25, 0.3) is 5.91 Å². The number of thioether (sulfide) groups is 3. The first-order valence-electron chi connectivity index (χ1n) is 9.07. The second-order valence-electron chi connectivity index (χ2n) is 6.69.